The number of anilines is 2. The molecule has 0 saturated carbocycles. The lowest BCUT2D eigenvalue weighted by molar-refractivity contribution is 0.0233. The number of aryl methyl sites for hydroxylation is 1. The van der Waals surface area contributed by atoms with Crippen molar-refractivity contribution in [2.45, 2.75) is 32.9 Å². The predicted molar refractivity (Wildman–Crippen MR) is 133 cm³/mol. The fourth-order valence-electron chi connectivity index (χ4n) is 3.96. The van der Waals surface area contributed by atoms with Crippen LogP contribution in [0.4, 0.5) is 11.8 Å². The molecule has 0 radical (unpaired) electrons. The van der Waals surface area contributed by atoms with Crippen molar-refractivity contribution in [3.05, 3.63) is 59.7 Å². The van der Waals surface area contributed by atoms with E-state index in [1.54, 1.807) is 25.3 Å². The molecule has 3 N–H and O–H groups in total. The van der Waals surface area contributed by atoms with E-state index in [1.165, 1.54) is 12.4 Å². The molecule has 3 aromatic heterocycles. The molecule has 1 amide bonds. The number of rotatable bonds is 8. The molecule has 35 heavy (non-hydrogen) atoms. The number of ether oxygens (including phenoxy) is 1. The van der Waals surface area contributed by atoms with Crippen LogP contribution in [0.5, 0.6) is 0 Å². The van der Waals surface area contributed by atoms with Gasteiger partial charge in [-0.15, -0.1) is 0 Å². The molecule has 0 spiro atoms. The average molecular weight is 478 g/mol. The van der Waals surface area contributed by atoms with E-state index in [0.29, 0.717) is 31.3 Å². The predicted octanol–water partition coefficient (Wildman–Crippen LogP) is 2.19. The molecule has 184 valence electrons. The highest BCUT2D eigenvalue weighted by molar-refractivity contribution is 5.94. The van der Waals surface area contributed by atoms with Gasteiger partial charge in [-0.1, -0.05) is 0 Å². The first-order chi connectivity index (χ1) is 16.8. The minimum absolute atomic E-state index is 0.172. The molecular formula is C25H31N7O3. The zero-order valence-corrected chi connectivity index (χ0v) is 20.3. The van der Waals surface area contributed by atoms with Gasteiger partial charge in [0.1, 0.15) is 11.5 Å². The number of amides is 1. The Hall–Kier alpha value is -3.63. The molecule has 0 aromatic carbocycles. The van der Waals surface area contributed by atoms with Crippen molar-refractivity contribution in [2.24, 2.45) is 0 Å². The van der Waals surface area contributed by atoms with Gasteiger partial charge in [-0.05, 0) is 44.5 Å². The van der Waals surface area contributed by atoms with Crippen LogP contribution in [0.1, 0.15) is 35.5 Å². The van der Waals surface area contributed by atoms with Gasteiger partial charge in [-0.2, -0.15) is 4.98 Å². The topological polar surface area (TPSA) is 125 Å². The van der Waals surface area contributed by atoms with Crippen LogP contribution in [0.2, 0.25) is 0 Å². The van der Waals surface area contributed by atoms with E-state index in [9.17, 15) is 9.90 Å². The quantitative estimate of drug-likeness (QED) is 0.419. The number of aromatic nitrogens is 4. The Labute approximate surface area is 204 Å². The summed E-state index contributed by atoms with van der Waals surface area (Å²) in [4.78, 5) is 32.6. The van der Waals surface area contributed by atoms with Gasteiger partial charge in [-0.3, -0.25) is 14.8 Å². The normalized spacial score (nSPS) is 15.4. The van der Waals surface area contributed by atoms with Crippen LogP contribution in [0.3, 0.4) is 0 Å². The van der Waals surface area contributed by atoms with E-state index < -0.39 is 5.72 Å². The summed E-state index contributed by atoms with van der Waals surface area (Å²) in [5.41, 5.74) is 2.11. The zero-order chi connectivity index (χ0) is 24.8. The highest BCUT2D eigenvalue weighted by atomic mass is 16.5. The summed E-state index contributed by atoms with van der Waals surface area (Å²) in [5, 5.41) is 16.8. The Bertz CT molecular complexity index is 1160. The summed E-state index contributed by atoms with van der Waals surface area (Å²) >= 11 is 0. The fourth-order valence-corrected chi connectivity index (χ4v) is 3.96. The Morgan fingerprint density at radius 3 is 2.66 bits per heavy atom. The molecule has 0 bridgehead atoms. The van der Waals surface area contributed by atoms with Crippen molar-refractivity contribution in [1.82, 2.24) is 25.3 Å². The van der Waals surface area contributed by atoms with E-state index in [1.807, 2.05) is 26.0 Å². The third-order valence-corrected chi connectivity index (χ3v) is 5.68. The monoisotopic (exact) mass is 477 g/mol. The molecule has 1 aliphatic rings. The van der Waals surface area contributed by atoms with Gasteiger partial charge in [0, 0.05) is 67.5 Å². The molecule has 4 heterocycles. The Balaban J connectivity index is 1.60. The highest BCUT2D eigenvalue weighted by Crippen LogP contribution is 2.27. The maximum Gasteiger partial charge on any atom is 0.253 e. The number of hydrogen-bond donors (Lipinski definition) is 3. The molecule has 3 aromatic rings. The molecule has 1 atom stereocenters. The van der Waals surface area contributed by atoms with Crippen LogP contribution in [0.15, 0.2) is 42.9 Å². The van der Waals surface area contributed by atoms with Crippen LogP contribution >= 0.6 is 0 Å². The van der Waals surface area contributed by atoms with Crippen molar-refractivity contribution in [3.8, 4) is 11.3 Å². The number of nitrogens with zero attached hydrogens (tertiary/aromatic N) is 5. The second-order valence-corrected chi connectivity index (χ2v) is 8.68. The van der Waals surface area contributed by atoms with Gasteiger partial charge in [0.05, 0.1) is 18.9 Å². The van der Waals surface area contributed by atoms with Crippen molar-refractivity contribution in [1.29, 1.82) is 0 Å². The van der Waals surface area contributed by atoms with Crippen LogP contribution in [0.25, 0.3) is 11.3 Å². The Morgan fingerprint density at radius 1 is 1.20 bits per heavy atom. The molecule has 10 heteroatoms. The van der Waals surface area contributed by atoms with Crippen LogP contribution in [-0.2, 0) is 11.2 Å². The SMILES string of the molecule is CCNc1nc(-c2cc(CC(C)(O)NC(=O)c3ccncc3)cnc2C)cc(N2CCOCC2)n1. The van der Waals surface area contributed by atoms with Gasteiger partial charge >= 0.3 is 0 Å². The average Bonchev–Trinajstić information content (AvgIpc) is 2.86. The lowest BCUT2D eigenvalue weighted by atomic mass is 10.0. The number of aliphatic hydroxyl groups is 1. The third kappa shape index (κ3) is 6.28. The number of hydrogen-bond acceptors (Lipinski definition) is 9. The van der Waals surface area contributed by atoms with E-state index in [-0.39, 0.29) is 12.3 Å². The first-order valence-electron chi connectivity index (χ1n) is 11.7. The highest BCUT2D eigenvalue weighted by Gasteiger charge is 2.25. The molecule has 1 saturated heterocycles. The molecule has 1 aliphatic heterocycles. The summed E-state index contributed by atoms with van der Waals surface area (Å²) in [5.74, 6) is 1.00. The number of pyridine rings is 2. The Kier molecular flexibility index (Phi) is 7.52. The van der Waals surface area contributed by atoms with Gasteiger partial charge in [0.15, 0.2) is 0 Å². The van der Waals surface area contributed by atoms with Crippen LogP contribution in [-0.4, -0.2) is 69.5 Å². The molecule has 1 unspecified atom stereocenters. The third-order valence-electron chi connectivity index (χ3n) is 5.68. The van der Waals surface area contributed by atoms with Gasteiger partial charge < -0.3 is 25.4 Å². The Morgan fingerprint density at radius 2 is 1.94 bits per heavy atom. The summed E-state index contributed by atoms with van der Waals surface area (Å²) in [6, 6.07) is 7.11. The lowest BCUT2D eigenvalue weighted by Crippen LogP contribution is -2.47. The second kappa shape index (κ2) is 10.7. The lowest BCUT2D eigenvalue weighted by Gasteiger charge is -2.28. The molecule has 10 nitrogen and oxygen atoms in total. The molecule has 0 aliphatic carbocycles. The first-order valence-corrected chi connectivity index (χ1v) is 11.7. The van der Waals surface area contributed by atoms with Crippen molar-refractivity contribution in [2.75, 3.05) is 43.1 Å². The van der Waals surface area contributed by atoms with E-state index in [2.05, 4.69) is 30.5 Å². The summed E-state index contributed by atoms with van der Waals surface area (Å²) in [7, 11) is 0. The number of carbonyl (C=O) groups is 1. The first kappa shape index (κ1) is 24.5. The minimum Gasteiger partial charge on any atom is -0.378 e. The van der Waals surface area contributed by atoms with Crippen molar-refractivity contribution >= 4 is 17.7 Å². The number of nitrogens with one attached hydrogen (secondary N) is 2. The standard InChI is InChI=1S/C25H31N7O3/c1-4-27-24-29-21(14-22(30-24)32-9-11-35-12-10-32)20-13-18(16-28-17(20)2)15-25(3,34)31-23(33)19-5-7-26-8-6-19/h5-8,13-14,16,34H,4,9-12,15H2,1-3H3,(H,31,33)(H,27,29,30). The fraction of sp³-hybridized carbons (Fsp3) is 0.400. The van der Waals surface area contributed by atoms with Crippen LogP contribution < -0.4 is 15.5 Å². The molecular weight excluding hydrogens is 446 g/mol. The number of carbonyl (C=O) groups excluding carboxylic acids is 1. The zero-order valence-electron chi connectivity index (χ0n) is 20.3. The van der Waals surface area contributed by atoms with Crippen molar-refractivity contribution < 1.29 is 14.6 Å². The maximum absolute atomic E-state index is 12.5. The van der Waals surface area contributed by atoms with E-state index in [0.717, 1.165) is 41.4 Å². The van der Waals surface area contributed by atoms with Gasteiger partial charge in [0.2, 0.25) is 5.95 Å². The molecule has 1 fully saturated rings. The second-order valence-electron chi connectivity index (χ2n) is 8.68. The van der Waals surface area contributed by atoms with Crippen molar-refractivity contribution in [3.63, 3.8) is 0 Å². The van der Waals surface area contributed by atoms with E-state index in [4.69, 9.17) is 9.72 Å². The van der Waals surface area contributed by atoms with Gasteiger partial charge in [0.25, 0.3) is 5.91 Å². The largest absolute Gasteiger partial charge is 0.378 e. The molecule has 4 rings (SSSR count). The summed E-state index contributed by atoms with van der Waals surface area (Å²) in [6.45, 7) is 9.03. The van der Waals surface area contributed by atoms with Gasteiger partial charge in [-0.25, -0.2) is 4.98 Å². The van der Waals surface area contributed by atoms with Crippen LogP contribution in [0, 0.1) is 6.92 Å². The van der Waals surface area contributed by atoms with E-state index >= 15 is 0 Å². The maximum atomic E-state index is 12.5. The minimum atomic E-state index is -1.48. The summed E-state index contributed by atoms with van der Waals surface area (Å²) in [6.07, 6.45) is 4.95. The number of morpholine rings is 1. The smallest absolute Gasteiger partial charge is 0.253 e. The summed E-state index contributed by atoms with van der Waals surface area (Å²) < 4.78 is 5.48.